The first-order chi connectivity index (χ1) is 10.0. The zero-order chi connectivity index (χ0) is 15.7. The van der Waals surface area contributed by atoms with Crippen molar-refractivity contribution >= 4 is 5.69 Å². The van der Waals surface area contributed by atoms with E-state index in [0.29, 0.717) is 38.2 Å². The minimum Gasteiger partial charge on any atom is -0.493 e. The van der Waals surface area contributed by atoms with Crippen LogP contribution in [0.15, 0.2) is 18.2 Å². The molecule has 0 heterocycles. The van der Waals surface area contributed by atoms with Crippen molar-refractivity contribution in [3.05, 3.63) is 33.9 Å². The Balaban J connectivity index is 2.68. The highest BCUT2D eigenvalue weighted by Gasteiger charge is 2.12. The van der Waals surface area contributed by atoms with Crippen LogP contribution in [0.25, 0.3) is 0 Å². The zero-order valence-corrected chi connectivity index (χ0v) is 12.9. The number of nitro benzene ring substituents is 1. The summed E-state index contributed by atoms with van der Waals surface area (Å²) in [6.07, 6.45) is 0.794. The quantitative estimate of drug-likeness (QED) is 0.408. The first-order valence-electron chi connectivity index (χ1n) is 7.25. The first kappa shape index (κ1) is 17.4. The van der Waals surface area contributed by atoms with Crippen LogP contribution < -0.4 is 10.1 Å². The number of benzene rings is 1. The fraction of sp³-hybridized carbons (Fsp3) is 0.600. The number of hydrogen-bond donors (Lipinski definition) is 1. The minimum absolute atomic E-state index is 0.0808. The largest absolute Gasteiger partial charge is 0.493 e. The molecule has 0 fully saturated rings. The van der Waals surface area contributed by atoms with E-state index in [1.165, 1.54) is 6.07 Å². The number of ether oxygens (including phenoxy) is 2. The molecule has 0 aliphatic heterocycles. The van der Waals surface area contributed by atoms with Gasteiger partial charge in [0.25, 0.3) is 5.69 Å². The molecule has 1 N–H and O–H groups in total. The van der Waals surface area contributed by atoms with Crippen LogP contribution in [0.1, 0.15) is 32.8 Å². The number of non-ortho nitro benzene ring substituents is 1. The maximum Gasteiger partial charge on any atom is 0.270 e. The highest BCUT2D eigenvalue weighted by atomic mass is 16.6. The summed E-state index contributed by atoms with van der Waals surface area (Å²) in [6, 6.07) is 5.00. The summed E-state index contributed by atoms with van der Waals surface area (Å²) in [6.45, 7) is 8.43. The third-order valence-corrected chi connectivity index (χ3v) is 2.85. The van der Waals surface area contributed by atoms with E-state index in [4.69, 9.17) is 9.47 Å². The Morgan fingerprint density at radius 2 is 2.10 bits per heavy atom. The lowest BCUT2D eigenvalue weighted by molar-refractivity contribution is -0.384. The highest BCUT2D eigenvalue weighted by Crippen LogP contribution is 2.24. The molecule has 0 unspecified atom stereocenters. The van der Waals surface area contributed by atoms with Crippen LogP contribution in [0.4, 0.5) is 5.69 Å². The Hall–Kier alpha value is -1.66. The van der Waals surface area contributed by atoms with Gasteiger partial charge < -0.3 is 14.8 Å². The van der Waals surface area contributed by atoms with Crippen molar-refractivity contribution in [2.24, 2.45) is 0 Å². The molecule has 6 heteroatoms. The highest BCUT2D eigenvalue weighted by molar-refractivity contribution is 5.43. The maximum atomic E-state index is 10.9. The van der Waals surface area contributed by atoms with Crippen molar-refractivity contribution in [2.45, 2.75) is 39.8 Å². The Kier molecular flexibility index (Phi) is 7.71. The smallest absolute Gasteiger partial charge is 0.270 e. The molecule has 0 radical (unpaired) electrons. The van der Waals surface area contributed by atoms with E-state index in [2.05, 4.69) is 5.32 Å². The molecular formula is C15H24N2O4. The predicted molar refractivity (Wildman–Crippen MR) is 81.7 cm³/mol. The standard InChI is InChI=1S/C15H24N2O4/c1-4-20-8-5-9-21-15-7-6-14(17(18)19)10-13(15)11-16-12(2)3/h6-7,10,12,16H,4-5,8-9,11H2,1-3H3. The third-order valence-electron chi connectivity index (χ3n) is 2.85. The van der Waals surface area contributed by atoms with Gasteiger partial charge in [0.05, 0.1) is 11.5 Å². The van der Waals surface area contributed by atoms with Gasteiger partial charge in [-0.1, -0.05) is 13.8 Å². The normalized spacial score (nSPS) is 10.9. The van der Waals surface area contributed by atoms with Gasteiger partial charge in [-0.2, -0.15) is 0 Å². The second-order valence-electron chi connectivity index (χ2n) is 4.98. The number of nitro groups is 1. The molecule has 0 spiro atoms. The molecule has 1 aromatic rings. The Morgan fingerprint density at radius 1 is 1.33 bits per heavy atom. The average Bonchev–Trinajstić information content (AvgIpc) is 2.45. The Bertz CT molecular complexity index is 449. The van der Waals surface area contributed by atoms with Crippen LogP contribution in [0.5, 0.6) is 5.75 Å². The summed E-state index contributed by atoms with van der Waals surface area (Å²) >= 11 is 0. The van der Waals surface area contributed by atoms with E-state index in [1.54, 1.807) is 12.1 Å². The fourth-order valence-electron chi connectivity index (χ4n) is 1.76. The van der Waals surface area contributed by atoms with Gasteiger partial charge in [0.1, 0.15) is 5.75 Å². The van der Waals surface area contributed by atoms with E-state index in [1.807, 2.05) is 20.8 Å². The van der Waals surface area contributed by atoms with E-state index in [-0.39, 0.29) is 5.69 Å². The van der Waals surface area contributed by atoms with Gasteiger partial charge in [-0.25, -0.2) is 0 Å². The zero-order valence-electron chi connectivity index (χ0n) is 12.9. The minimum atomic E-state index is -0.391. The molecule has 21 heavy (non-hydrogen) atoms. The number of nitrogens with zero attached hydrogens (tertiary/aromatic N) is 1. The van der Waals surface area contributed by atoms with Gasteiger partial charge in [-0.15, -0.1) is 0 Å². The molecule has 0 aromatic heterocycles. The van der Waals surface area contributed by atoms with Gasteiger partial charge >= 0.3 is 0 Å². The molecule has 1 aromatic carbocycles. The fourth-order valence-corrected chi connectivity index (χ4v) is 1.76. The van der Waals surface area contributed by atoms with Gasteiger partial charge in [-0.3, -0.25) is 10.1 Å². The Labute approximate surface area is 125 Å². The number of nitrogens with one attached hydrogen (secondary N) is 1. The molecule has 1 rings (SSSR count). The molecule has 0 atom stereocenters. The van der Waals surface area contributed by atoms with Crippen molar-refractivity contribution in [1.29, 1.82) is 0 Å². The molecule has 0 aliphatic carbocycles. The van der Waals surface area contributed by atoms with Crippen LogP contribution in [-0.4, -0.2) is 30.8 Å². The van der Waals surface area contributed by atoms with Gasteiger partial charge in [-0.05, 0) is 13.0 Å². The van der Waals surface area contributed by atoms with E-state index in [0.717, 1.165) is 12.0 Å². The summed E-state index contributed by atoms with van der Waals surface area (Å²) in [5, 5.41) is 14.1. The summed E-state index contributed by atoms with van der Waals surface area (Å²) in [5.74, 6) is 0.685. The maximum absolute atomic E-state index is 10.9. The van der Waals surface area contributed by atoms with Gasteiger partial charge in [0.2, 0.25) is 0 Å². The van der Waals surface area contributed by atoms with Crippen molar-refractivity contribution < 1.29 is 14.4 Å². The summed E-state index contributed by atoms with van der Waals surface area (Å²) in [4.78, 5) is 10.5. The van der Waals surface area contributed by atoms with Gasteiger partial charge in [0, 0.05) is 49.9 Å². The van der Waals surface area contributed by atoms with Crippen LogP contribution in [0.2, 0.25) is 0 Å². The van der Waals surface area contributed by atoms with Crippen molar-refractivity contribution in [3.8, 4) is 5.75 Å². The van der Waals surface area contributed by atoms with Crippen molar-refractivity contribution in [3.63, 3.8) is 0 Å². The van der Waals surface area contributed by atoms with Crippen LogP contribution in [-0.2, 0) is 11.3 Å². The SMILES string of the molecule is CCOCCCOc1ccc([N+](=O)[O-])cc1CNC(C)C. The van der Waals surface area contributed by atoms with Crippen LogP contribution in [0.3, 0.4) is 0 Å². The van der Waals surface area contributed by atoms with Crippen molar-refractivity contribution in [2.75, 3.05) is 19.8 Å². The van der Waals surface area contributed by atoms with E-state index < -0.39 is 4.92 Å². The second-order valence-corrected chi connectivity index (χ2v) is 4.98. The topological polar surface area (TPSA) is 73.6 Å². The second kappa shape index (κ2) is 9.31. The number of rotatable bonds is 10. The summed E-state index contributed by atoms with van der Waals surface area (Å²) in [7, 11) is 0. The first-order valence-corrected chi connectivity index (χ1v) is 7.25. The van der Waals surface area contributed by atoms with Gasteiger partial charge in [0.15, 0.2) is 0 Å². The molecule has 6 nitrogen and oxygen atoms in total. The summed E-state index contributed by atoms with van der Waals surface area (Å²) in [5.41, 5.74) is 0.881. The molecule has 0 aliphatic rings. The van der Waals surface area contributed by atoms with Crippen LogP contribution >= 0.6 is 0 Å². The lowest BCUT2D eigenvalue weighted by Gasteiger charge is -2.13. The molecule has 0 bridgehead atoms. The van der Waals surface area contributed by atoms with Crippen molar-refractivity contribution in [1.82, 2.24) is 5.32 Å². The molecule has 0 saturated heterocycles. The lowest BCUT2D eigenvalue weighted by atomic mass is 10.1. The monoisotopic (exact) mass is 296 g/mol. The molecule has 0 saturated carbocycles. The van der Waals surface area contributed by atoms with E-state index >= 15 is 0 Å². The average molecular weight is 296 g/mol. The van der Waals surface area contributed by atoms with E-state index in [9.17, 15) is 10.1 Å². The Morgan fingerprint density at radius 3 is 2.71 bits per heavy atom. The third kappa shape index (κ3) is 6.55. The molecule has 118 valence electrons. The number of hydrogen-bond acceptors (Lipinski definition) is 5. The summed E-state index contributed by atoms with van der Waals surface area (Å²) < 4.78 is 11.0. The molecular weight excluding hydrogens is 272 g/mol. The predicted octanol–water partition coefficient (Wildman–Crippen LogP) is 2.90. The molecule has 0 amide bonds. The van der Waals surface area contributed by atoms with Crippen LogP contribution in [0, 0.1) is 10.1 Å². The lowest BCUT2D eigenvalue weighted by Crippen LogP contribution is -2.22.